The van der Waals surface area contributed by atoms with E-state index >= 15 is 0 Å². The molecule has 1 aliphatic heterocycles. The molecular weight excluding hydrogens is 334 g/mol. The summed E-state index contributed by atoms with van der Waals surface area (Å²) in [5.74, 6) is 0.999. The Morgan fingerprint density at radius 3 is 2.72 bits per heavy atom. The minimum absolute atomic E-state index is 0.146. The Hall–Kier alpha value is -2.67. The number of urea groups is 1. The van der Waals surface area contributed by atoms with Gasteiger partial charge in [-0.2, -0.15) is 0 Å². The van der Waals surface area contributed by atoms with Crippen molar-refractivity contribution in [3.8, 4) is 0 Å². The summed E-state index contributed by atoms with van der Waals surface area (Å²) in [5.41, 5.74) is 0.804. The van der Waals surface area contributed by atoms with E-state index in [1.54, 1.807) is 17.7 Å². The Bertz CT molecular complexity index is 858. The SMILES string of the molecule is O=C(Nc1ccccc1)NC1CCN(c2ncnc3sccc23)CC1. The number of nitrogens with one attached hydrogen (secondary N) is 2. The molecule has 2 N–H and O–H groups in total. The highest BCUT2D eigenvalue weighted by Gasteiger charge is 2.23. The number of aromatic nitrogens is 2. The van der Waals surface area contributed by atoms with Crippen molar-refractivity contribution in [2.45, 2.75) is 18.9 Å². The number of benzene rings is 1. The molecule has 3 aromatic rings. The van der Waals surface area contributed by atoms with E-state index < -0.39 is 0 Å². The molecule has 1 aliphatic rings. The molecule has 0 saturated carbocycles. The van der Waals surface area contributed by atoms with Gasteiger partial charge in [-0.25, -0.2) is 14.8 Å². The van der Waals surface area contributed by atoms with Crippen LogP contribution >= 0.6 is 11.3 Å². The van der Waals surface area contributed by atoms with Crippen LogP contribution in [0.1, 0.15) is 12.8 Å². The molecule has 2 amide bonds. The maximum absolute atomic E-state index is 12.1. The summed E-state index contributed by atoms with van der Waals surface area (Å²) >= 11 is 1.63. The zero-order chi connectivity index (χ0) is 17.1. The number of fused-ring (bicyclic) bond motifs is 1. The molecule has 1 fully saturated rings. The van der Waals surface area contributed by atoms with Crippen molar-refractivity contribution in [1.29, 1.82) is 0 Å². The van der Waals surface area contributed by atoms with Crippen molar-refractivity contribution in [3.05, 3.63) is 48.1 Å². The number of para-hydroxylation sites is 1. The number of piperidine rings is 1. The molecule has 1 saturated heterocycles. The highest BCUT2D eigenvalue weighted by Crippen LogP contribution is 2.28. The van der Waals surface area contributed by atoms with E-state index in [0.29, 0.717) is 0 Å². The van der Waals surface area contributed by atoms with Crippen LogP contribution in [-0.2, 0) is 0 Å². The lowest BCUT2D eigenvalue weighted by atomic mass is 10.1. The smallest absolute Gasteiger partial charge is 0.319 e. The first kappa shape index (κ1) is 15.8. The molecule has 4 rings (SSSR count). The Kier molecular flexibility index (Phi) is 4.47. The lowest BCUT2D eigenvalue weighted by molar-refractivity contribution is 0.246. The molecular formula is C18H19N5OS. The first-order valence-corrected chi connectivity index (χ1v) is 9.23. The minimum atomic E-state index is -0.146. The van der Waals surface area contributed by atoms with Gasteiger partial charge in [0.2, 0.25) is 0 Å². The third kappa shape index (κ3) is 3.56. The molecule has 1 aromatic carbocycles. The fraction of sp³-hybridized carbons (Fsp3) is 0.278. The van der Waals surface area contributed by atoms with Crippen LogP contribution in [-0.4, -0.2) is 35.1 Å². The van der Waals surface area contributed by atoms with E-state index in [0.717, 1.165) is 47.7 Å². The summed E-state index contributed by atoms with van der Waals surface area (Å²) in [7, 11) is 0. The van der Waals surface area contributed by atoms with Crippen LogP contribution < -0.4 is 15.5 Å². The number of rotatable bonds is 3. The maximum Gasteiger partial charge on any atom is 0.319 e. The number of nitrogens with zero attached hydrogens (tertiary/aromatic N) is 3. The number of carbonyl (C=O) groups is 1. The second-order valence-electron chi connectivity index (χ2n) is 6.06. The number of amides is 2. The fourth-order valence-electron chi connectivity index (χ4n) is 3.14. The van der Waals surface area contributed by atoms with Crippen LogP contribution in [0, 0.1) is 0 Å². The Labute approximate surface area is 149 Å². The van der Waals surface area contributed by atoms with E-state index in [9.17, 15) is 4.79 Å². The van der Waals surface area contributed by atoms with Crippen molar-refractivity contribution >= 4 is 39.1 Å². The standard InChI is InChI=1S/C18H19N5OS/c24-18(21-13-4-2-1-3-5-13)22-14-6-9-23(10-7-14)16-15-8-11-25-17(15)20-12-19-16/h1-5,8,11-12,14H,6-7,9-10H2,(H2,21,22,24). The molecule has 0 unspecified atom stereocenters. The highest BCUT2D eigenvalue weighted by molar-refractivity contribution is 7.16. The van der Waals surface area contributed by atoms with Crippen molar-refractivity contribution in [2.24, 2.45) is 0 Å². The van der Waals surface area contributed by atoms with Crippen LogP contribution in [0.4, 0.5) is 16.3 Å². The average Bonchev–Trinajstić information content (AvgIpc) is 3.12. The van der Waals surface area contributed by atoms with Gasteiger partial charge in [0.1, 0.15) is 17.0 Å². The van der Waals surface area contributed by atoms with E-state index in [1.807, 2.05) is 35.7 Å². The number of thiophene rings is 1. The summed E-state index contributed by atoms with van der Waals surface area (Å²) in [6.45, 7) is 1.75. The Balaban J connectivity index is 1.34. The molecule has 0 bridgehead atoms. The summed E-state index contributed by atoms with van der Waals surface area (Å²) < 4.78 is 0. The molecule has 3 heterocycles. The van der Waals surface area contributed by atoms with Gasteiger partial charge in [-0.3, -0.25) is 0 Å². The number of hydrogen-bond acceptors (Lipinski definition) is 5. The van der Waals surface area contributed by atoms with Gasteiger partial charge in [-0.15, -0.1) is 11.3 Å². The molecule has 0 spiro atoms. The third-order valence-electron chi connectivity index (χ3n) is 4.40. The molecule has 0 aliphatic carbocycles. The maximum atomic E-state index is 12.1. The second-order valence-corrected chi connectivity index (χ2v) is 6.96. The monoisotopic (exact) mass is 353 g/mol. The summed E-state index contributed by atoms with van der Waals surface area (Å²) in [6.07, 6.45) is 3.43. The zero-order valence-electron chi connectivity index (χ0n) is 13.7. The van der Waals surface area contributed by atoms with Crippen LogP contribution in [0.5, 0.6) is 0 Å². The quantitative estimate of drug-likeness (QED) is 0.756. The van der Waals surface area contributed by atoms with Crippen molar-refractivity contribution < 1.29 is 4.79 Å². The van der Waals surface area contributed by atoms with Crippen molar-refractivity contribution in [3.63, 3.8) is 0 Å². The minimum Gasteiger partial charge on any atom is -0.356 e. The second kappa shape index (κ2) is 7.06. The summed E-state index contributed by atoms with van der Waals surface area (Å²) in [5, 5.41) is 9.09. The van der Waals surface area contributed by atoms with E-state index in [2.05, 4.69) is 31.6 Å². The normalized spacial score (nSPS) is 15.3. The van der Waals surface area contributed by atoms with E-state index in [1.165, 1.54) is 0 Å². The summed E-state index contributed by atoms with van der Waals surface area (Å²) in [6, 6.07) is 11.6. The van der Waals surface area contributed by atoms with Crippen LogP contribution in [0.2, 0.25) is 0 Å². The van der Waals surface area contributed by atoms with Gasteiger partial charge in [0, 0.05) is 24.8 Å². The Morgan fingerprint density at radius 1 is 1.12 bits per heavy atom. The van der Waals surface area contributed by atoms with Gasteiger partial charge in [-0.05, 0) is 36.4 Å². The van der Waals surface area contributed by atoms with Gasteiger partial charge in [0.05, 0.1) is 5.39 Å². The molecule has 0 radical (unpaired) electrons. The molecule has 6 nitrogen and oxygen atoms in total. The molecule has 7 heteroatoms. The molecule has 0 atom stereocenters. The van der Waals surface area contributed by atoms with Gasteiger partial charge in [-0.1, -0.05) is 18.2 Å². The van der Waals surface area contributed by atoms with Crippen molar-refractivity contribution in [2.75, 3.05) is 23.3 Å². The molecule has 2 aromatic heterocycles. The number of carbonyl (C=O) groups excluding carboxylic acids is 1. The van der Waals surface area contributed by atoms with Gasteiger partial charge in [0.25, 0.3) is 0 Å². The predicted molar refractivity (Wildman–Crippen MR) is 101 cm³/mol. The molecule has 128 valence electrons. The Morgan fingerprint density at radius 2 is 1.92 bits per heavy atom. The van der Waals surface area contributed by atoms with Crippen LogP contribution in [0.15, 0.2) is 48.1 Å². The number of hydrogen-bond donors (Lipinski definition) is 2. The first-order valence-electron chi connectivity index (χ1n) is 8.35. The van der Waals surface area contributed by atoms with Gasteiger partial charge >= 0.3 is 6.03 Å². The topological polar surface area (TPSA) is 70.2 Å². The van der Waals surface area contributed by atoms with E-state index in [4.69, 9.17) is 0 Å². The fourth-order valence-corrected chi connectivity index (χ4v) is 3.87. The number of anilines is 2. The van der Waals surface area contributed by atoms with Gasteiger partial charge < -0.3 is 15.5 Å². The lowest BCUT2D eigenvalue weighted by Crippen LogP contribution is -2.46. The molecule has 25 heavy (non-hydrogen) atoms. The van der Waals surface area contributed by atoms with Gasteiger partial charge in [0.15, 0.2) is 0 Å². The van der Waals surface area contributed by atoms with Crippen molar-refractivity contribution in [1.82, 2.24) is 15.3 Å². The predicted octanol–water partition coefficient (Wildman–Crippen LogP) is 3.48. The largest absolute Gasteiger partial charge is 0.356 e. The zero-order valence-corrected chi connectivity index (χ0v) is 14.5. The van der Waals surface area contributed by atoms with Crippen LogP contribution in [0.3, 0.4) is 0 Å². The summed E-state index contributed by atoms with van der Waals surface area (Å²) in [4.78, 5) is 24.2. The first-order chi connectivity index (χ1) is 12.3. The third-order valence-corrected chi connectivity index (χ3v) is 5.22. The lowest BCUT2D eigenvalue weighted by Gasteiger charge is -2.33. The average molecular weight is 353 g/mol. The highest BCUT2D eigenvalue weighted by atomic mass is 32.1. The van der Waals surface area contributed by atoms with E-state index in [-0.39, 0.29) is 12.1 Å². The van der Waals surface area contributed by atoms with Crippen LogP contribution in [0.25, 0.3) is 10.2 Å².